The van der Waals surface area contributed by atoms with Gasteiger partial charge >= 0.3 is 0 Å². The Kier molecular flexibility index (Phi) is 10.8. The Morgan fingerprint density at radius 2 is 1.69 bits per heavy atom. The zero-order chi connectivity index (χ0) is 40.8. The van der Waals surface area contributed by atoms with Crippen LogP contribution in [0, 0.1) is 28.1 Å². The van der Waals surface area contributed by atoms with Crippen molar-refractivity contribution in [3.8, 4) is 11.8 Å². The summed E-state index contributed by atoms with van der Waals surface area (Å²) in [6.45, 7) is 15.4. The number of piperidine rings is 2. The number of piperazine rings is 1. The predicted molar refractivity (Wildman–Crippen MR) is 223 cm³/mol. The van der Waals surface area contributed by atoms with Crippen LogP contribution in [0.2, 0.25) is 5.02 Å². The third-order valence-electron chi connectivity index (χ3n) is 13.0. The first kappa shape index (κ1) is 39.6. The van der Waals surface area contributed by atoms with Crippen LogP contribution in [0.4, 0.5) is 11.4 Å². The number of anilines is 2. The maximum atomic E-state index is 13.5. The number of nitrogens with one attached hydrogen (secondary N) is 2. The molecular formula is C45H52ClN8O4+. The van der Waals surface area contributed by atoms with Crippen molar-refractivity contribution in [2.24, 2.45) is 16.7 Å². The standard InChI is InChI=1S/C45H51ClN8O4/c1-44(2)42(45(3,4)43(44)58-34-13-10-31(25-47)36(46)24-34)50-40(56)30-8-11-33(12-9-30)52-18-16-29(17-19-52)27-51-20-22-53(23-21-51)37-7-5-6-32-28-54(48-26-35(32)37)38-14-15-39(55)49-41(38)57/h5-13,24,26,28-29,38,42-43H,14-23,27H2,1-4H3,(H-,49,50,55,56,57)/p+1. The van der Waals surface area contributed by atoms with Gasteiger partial charge in [0.05, 0.1) is 16.0 Å². The summed E-state index contributed by atoms with van der Waals surface area (Å²) in [5.41, 5.74) is 2.69. The van der Waals surface area contributed by atoms with Gasteiger partial charge in [0.1, 0.15) is 24.1 Å². The number of hydrogen-bond donors (Lipinski definition) is 2. The molecule has 302 valence electrons. The van der Waals surface area contributed by atoms with Gasteiger partial charge in [-0.3, -0.25) is 24.6 Å². The second-order valence-electron chi connectivity index (χ2n) is 17.6. The Balaban J connectivity index is 0.798. The largest absolute Gasteiger partial charge is 0.489 e. The highest BCUT2D eigenvalue weighted by atomic mass is 35.5. The van der Waals surface area contributed by atoms with Gasteiger partial charge in [0.2, 0.25) is 12.1 Å². The van der Waals surface area contributed by atoms with E-state index in [1.165, 1.54) is 0 Å². The number of fused-ring (bicyclic) bond motifs is 1. The highest BCUT2D eigenvalue weighted by molar-refractivity contribution is 6.31. The number of aromatic nitrogens is 2. The molecule has 8 rings (SSSR count). The molecular weight excluding hydrogens is 752 g/mol. The molecule has 58 heavy (non-hydrogen) atoms. The van der Waals surface area contributed by atoms with E-state index >= 15 is 0 Å². The summed E-state index contributed by atoms with van der Waals surface area (Å²) in [5.74, 6) is 0.644. The number of carbonyl (C=O) groups is 3. The normalized spacial score (nSPS) is 23.5. The van der Waals surface area contributed by atoms with Crippen molar-refractivity contribution in [1.29, 1.82) is 5.26 Å². The van der Waals surface area contributed by atoms with Crippen molar-refractivity contribution >= 4 is 51.5 Å². The second-order valence-corrected chi connectivity index (χ2v) is 18.0. The summed E-state index contributed by atoms with van der Waals surface area (Å²) in [7, 11) is 0. The third-order valence-corrected chi connectivity index (χ3v) is 13.3. The van der Waals surface area contributed by atoms with Gasteiger partial charge in [-0.25, -0.2) is 0 Å². The van der Waals surface area contributed by atoms with Gasteiger partial charge in [-0.1, -0.05) is 50.0 Å². The summed E-state index contributed by atoms with van der Waals surface area (Å²) >= 11 is 6.26. The van der Waals surface area contributed by atoms with Crippen LogP contribution in [-0.2, 0) is 9.59 Å². The van der Waals surface area contributed by atoms with E-state index in [9.17, 15) is 19.6 Å². The molecule has 4 fully saturated rings. The quantitative estimate of drug-likeness (QED) is 0.162. The molecule has 0 spiro atoms. The van der Waals surface area contributed by atoms with Crippen LogP contribution in [0.1, 0.15) is 75.3 Å². The molecule has 4 heterocycles. The molecule has 4 aliphatic rings. The van der Waals surface area contributed by atoms with Gasteiger partial charge in [0.25, 0.3) is 17.9 Å². The number of benzene rings is 3. The molecule has 0 radical (unpaired) electrons. The Morgan fingerprint density at radius 1 is 0.966 bits per heavy atom. The number of hydrogen-bond acceptors (Lipinski definition) is 9. The van der Waals surface area contributed by atoms with Gasteiger partial charge in [0, 0.05) is 104 Å². The molecule has 1 aromatic heterocycles. The minimum Gasteiger partial charge on any atom is -0.489 e. The zero-order valence-electron chi connectivity index (χ0n) is 33.7. The lowest BCUT2D eigenvalue weighted by atomic mass is 9.49. The third kappa shape index (κ3) is 7.70. The predicted octanol–water partition coefficient (Wildman–Crippen LogP) is 5.68. The van der Waals surface area contributed by atoms with Crippen molar-refractivity contribution in [2.75, 3.05) is 55.6 Å². The van der Waals surface area contributed by atoms with Gasteiger partial charge in [0.15, 0.2) is 0 Å². The summed E-state index contributed by atoms with van der Waals surface area (Å²) in [6.07, 6.45) is 6.66. The van der Waals surface area contributed by atoms with E-state index < -0.39 is 6.04 Å². The Labute approximate surface area is 345 Å². The highest BCUT2D eigenvalue weighted by Gasteiger charge is 2.64. The summed E-state index contributed by atoms with van der Waals surface area (Å²) in [4.78, 5) is 45.1. The van der Waals surface area contributed by atoms with E-state index in [1.54, 1.807) is 22.9 Å². The molecule has 1 aliphatic carbocycles. The highest BCUT2D eigenvalue weighted by Crippen LogP contribution is 2.55. The summed E-state index contributed by atoms with van der Waals surface area (Å²) in [6, 6.07) is 20.9. The number of amides is 3. The first-order valence-corrected chi connectivity index (χ1v) is 20.8. The smallest absolute Gasteiger partial charge is 0.298 e. The maximum Gasteiger partial charge on any atom is 0.298 e. The van der Waals surface area contributed by atoms with Crippen molar-refractivity contribution in [1.82, 2.24) is 20.6 Å². The fourth-order valence-electron chi connectivity index (χ4n) is 10.0. The minimum atomic E-state index is -0.473. The van der Waals surface area contributed by atoms with Crippen LogP contribution in [-0.4, -0.2) is 85.7 Å². The number of halogens is 1. The summed E-state index contributed by atoms with van der Waals surface area (Å²) in [5, 5.41) is 22.0. The van der Waals surface area contributed by atoms with Crippen LogP contribution in [0.3, 0.4) is 0 Å². The molecule has 0 bridgehead atoms. The maximum absolute atomic E-state index is 13.5. The van der Waals surface area contributed by atoms with E-state index in [1.807, 2.05) is 24.5 Å². The lowest BCUT2D eigenvalue weighted by Gasteiger charge is -2.63. The SMILES string of the molecule is CC1(C)C(NC(=O)c2ccc(N3CCC(CN4CCN(c5cccc6c[n+](C7CCC(=O)NC7=O)ncc56)CC4)CC3)cc2)C(C)(C)C1Oc1ccc(C#N)c(Cl)c1. The molecule has 2 N–H and O–H groups in total. The number of nitriles is 1. The van der Waals surface area contributed by atoms with Crippen molar-refractivity contribution in [3.05, 3.63) is 89.2 Å². The van der Waals surface area contributed by atoms with Crippen molar-refractivity contribution in [3.63, 3.8) is 0 Å². The molecule has 1 atom stereocenters. The second kappa shape index (κ2) is 15.8. The molecule has 1 unspecified atom stereocenters. The van der Waals surface area contributed by atoms with Crippen LogP contribution in [0.5, 0.6) is 5.75 Å². The Hall–Kier alpha value is -5.25. The topological polar surface area (TPSA) is 135 Å². The molecule has 4 aromatic rings. The van der Waals surface area contributed by atoms with Crippen LogP contribution in [0.15, 0.2) is 73.1 Å². The zero-order valence-corrected chi connectivity index (χ0v) is 34.5. The Bertz CT molecular complexity index is 2240. The van der Waals surface area contributed by atoms with Gasteiger partial charge in [-0.05, 0) is 72.4 Å². The van der Waals surface area contributed by atoms with Crippen LogP contribution in [0.25, 0.3) is 10.8 Å². The number of rotatable bonds is 9. The van der Waals surface area contributed by atoms with Crippen LogP contribution < -0.4 is 29.9 Å². The fourth-order valence-corrected chi connectivity index (χ4v) is 10.3. The monoisotopic (exact) mass is 803 g/mol. The van der Waals surface area contributed by atoms with Crippen molar-refractivity contribution < 1.29 is 23.8 Å². The van der Waals surface area contributed by atoms with E-state index in [4.69, 9.17) is 16.3 Å². The molecule has 3 amide bonds. The average Bonchev–Trinajstić information content (AvgIpc) is 3.22. The molecule has 1 saturated carbocycles. The molecule has 3 aliphatic heterocycles. The number of ether oxygens (including phenoxy) is 1. The average molecular weight is 804 g/mol. The van der Waals surface area contributed by atoms with E-state index in [0.29, 0.717) is 40.7 Å². The first-order valence-electron chi connectivity index (χ1n) is 20.4. The van der Waals surface area contributed by atoms with Gasteiger partial charge in [-0.2, -0.15) is 5.26 Å². The summed E-state index contributed by atoms with van der Waals surface area (Å²) < 4.78 is 8.08. The van der Waals surface area contributed by atoms with Gasteiger partial charge in [-0.15, -0.1) is 0 Å². The lowest BCUT2D eigenvalue weighted by Crippen LogP contribution is -2.74. The Morgan fingerprint density at radius 3 is 2.36 bits per heavy atom. The number of carbonyl (C=O) groups excluding carboxylic acids is 3. The van der Waals surface area contributed by atoms with Crippen molar-refractivity contribution in [2.45, 2.75) is 71.6 Å². The van der Waals surface area contributed by atoms with E-state index in [0.717, 1.165) is 80.8 Å². The van der Waals surface area contributed by atoms with Gasteiger partial charge < -0.3 is 19.9 Å². The molecule has 3 aromatic carbocycles. The number of nitrogens with zero attached hydrogens (tertiary/aromatic N) is 6. The number of imide groups is 1. The molecule has 13 heteroatoms. The van der Waals surface area contributed by atoms with E-state index in [-0.39, 0.29) is 40.7 Å². The minimum absolute atomic E-state index is 0.0913. The van der Waals surface area contributed by atoms with E-state index in [2.05, 4.69) is 94.5 Å². The van der Waals surface area contributed by atoms with Crippen LogP contribution >= 0.6 is 11.6 Å². The first-order chi connectivity index (χ1) is 27.8. The lowest BCUT2D eigenvalue weighted by molar-refractivity contribution is -0.764. The molecule has 12 nitrogen and oxygen atoms in total. The molecule has 3 saturated heterocycles. The fraction of sp³-hybridized carbons (Fsp3) is 0.467.